The lowest BCUT2D eigenvalue weighted by Gasteiger charge is -2.22. The van der Waals surface area contributed by atoms with E-state index in [4.69, 9.17) is 9.47 Å². The number of H-pyrrole nitrogens is 1. The van der Waals surface area contributed by atoms with Gasteiger partial charge in [0.1, 0.15) is 5.69 Å². The van der Waals surface area contributed by atoms with Crippen LogP contribution in [-0.2, 0) is 16.0 Å². The van der Waals surface area contributed by atoms with Crippen molar-refractivity contribution in [1.82, 2.24) is 14.8 Å². The molecular formula is C15H25N3O3. The highest BCUT2D eigenvalue weighted by Gasteiger charge is 2.32. The summed E-state index contributed by atoms with van der Waals surface area (Å²) in [5.41, 5.74) is 1.67. The summed E-state index contributed by atoms with van der Waals surface area (Å²) in [4.78, 5) is 19.0. The third-order valence-electron chi connectivity index (χ3n) is 3.94. The van der Waals surface area contributed by atoms with Crippen molar-refractivity contribution in [3.8, 4) is 0 Å². The number of carbonyl (C=O) groups excluding carboxylic acids is 1. The summed E-state index contributed by atoms with van der Waals surface area (Å²) in [6, 6.07) is 4.17. The molecule has 1 fully saturated rings. The number of hydrogen-bond donors (Lipinski definition) is 1. The fourth-order valence-electron chi connectivity index (χ4n) is 2.78. The molecule has 0 saturated carbocycles. The Morgan fingerprint density at radius 2 is 2.19 bits per heavy atom. The molecule has 1 aromatic rings. The van der Waals surface area contributed by atoms with E-state index >= 15 is 0 Å². The van der Waals surface area contributed by atoms with E-state index in [1.54, 1.807) is 33.2 Å². The van der Waals surface area contributed by atoms with Crippen molar-refractivity contribution in [3.63, 3.8) is 0 Å². The van der Waals surface area contributed by atoms with Crippen molar-refractivity contribution in [3.05, 3.63) is 23.5 Å². The Morgan fingerprint density at radius 1 is 1.43 bits per heavy atom. The molecule has 1 aliphatic rings. The van der Waals surface area contributed by atoms with Gasteiger partial charge in [-0.3, -0.25) is 9.69 Å². The second kappa shape index (κ2) is 7.06. The van der Waals surface area contributed by atoms with Crippen molar-refractivity contribution >= 4 is 5.91 Å². The lowest BCUT2D eigenvalue weighted by atomic mass is 10.2. The Morgan fingerprint density at radius 3 is 2.81 bits per heavy atom. The number of ether oxygens (including phenoxy) is 2. The number of nitrogens with zero attached hydrogens (tertiary/aromatic N) is 2. The third-order valence-corrected chi connectivity index (χ3v) is 3.94. The average molecular weight is 295 g/mol. The Bertz CT molecular complexity index is 472. The molecule has 1 aliphatic heterocycles. The van der Waals surface area contributed by atoms with Crippen LogP contribution in [0.25, 0.3) is 0 Å². The zero-order valence-corrected chi connectivity index (χ0v) is 13.3. The lowest BCUT2D eigenvalue weighted by molar-refractivity contribution is 0.0821. The molecule has 0 bridgehead atoms. The standard InChI is InChI=1S/C15H25N3O3/c1-17(2)15(19)14-6-5-11(16-14)8-18-9-13(21-4)7-12(18)10-20-3/h5-6,12-13,16H,7-10H2,1-4H3/t12-,13+/m0/s1. The first kappa shape index (κ1) is 16.0. The quantitative estimate of drug-likeness (QED) is 0.849. The second-order valence-corrected chi connectivity index (χ2v) is 5.73. The number of amides is 1. The van der Waals surface area contributed by atoms with Crippen LogP contribution in [0.3, 0.4) is 0 Å². The summed E-state index contributed by atoms with van der Waals surface area (Å²) in [5, 5.41) is 0. The van der Waals surface area contributed by atoms with Gasteiger partial charge in [-0.15, -0.1) is 0 Å². The molecule has 21 heavy (non-hydrogen) atoms. The minimum atomic E-state index is -0.00844. The summed E-state index contributed by atoms with van der Waals surface area (Å²) in [6.45, 7) is 2.36. The van der Waals surface area contributed by atoms with Crippen molar-refractivity contribution < 1.29 is 14.3 Å². The monoisotopic (exact) mass is 295 g/mol. The number of hydrogen-bond acceptors (Lipinski definition) is 4. The number of aromatic nitrogens is 1. The van der Waals surface area contributed by atoms with Crippen LogP contribution in [-0.4, -0.2) is 74.3 Å². The summed E-state index contributed by atoms with van der Waals surface area (Å²) >= 11 is 0. The number of carbonyl (C=O) groups is 1. The number of methoxy groups -OCH3 is 2. The van der Waals surface area contributed by atoms with E-state index in [-0.39, 0.29) is 12.0 Å². The number of nitrogens with one attached hydrogen (secondary N) is 1. The van der Waals surface area contributed by atoms with E-state index in [1.165, 1.54) is 0 Å². The van der Waals surface area contributed by atoms with Crippen LogP contribution in [0, 0.1) is 0 Å². The van der Waals surface area contributed by atoms with Crippen molar-refractivity contribution in [2.75, 3.05) is 41.5 Å². The van der Waals surface area contributed by atoms with Crippen LogP contribution in [0.4, 0.5) is 0 Å². The highest BCUT2D eigenvalue weighted by atomic mass is 16.5. The van der Waals surface area contributed by atoms with E-state index < -0.39 is 0 Å². The third kappa shape index (κ3) is 3.84. The normalized spacial score (nSPS) is 22.7. The second-order valence-electron chi connectivity index (χ2n) is 5.73. The molecule has 2 heterocycles. The molecule has 1 N–H and O–H groups in total. The molecule has 1 saturated heterocycles. The number of likely N-dealkylation sites (tertiary alicyclic amines) is 1. The molecule has 118 valence electrons. The summed E-state index contributed by atoms with van der Waals surface area (Å²) in [6.07, 6.45) is 1.23. The van der Waals surface area contributed by atoms with Crippen molar-refractivity contribution in [1.29, 1.82) is 0 Å². The first-order valence-electron chi connectivity index (χ1n) is 7.20. The van der Waals surface area contributed by atoms with Crippen LogP contribution in [0.1, 0.15) is 22.6 Å². The Kier molecular flexibility index (Phi) is 5.39. The van der Waals surface area contributed by atoms with Gasteiger partial charge >= 0.3 is 0 Å². The molecule has 1 aromatic heterocycles. The van der Waals surface area contributed by atoms with Gasteiger partial charge in [0.05, 0.1) is 12.7 Å². The van der Waals surface area contributed by atoms with Crippen LogP contribution in [0.15, 0.2) is 12.1 Å². The van der Waals surface area contributed by atoms with Gasteiger partial charge in [-0.2, -0.15) is 0 Å². The molecule has 2 atom stereocenters. The van der Waals surface area contributed by atoms with Gasteiger partial charge in [-0.25, -0.2) is 0 Å². The first-order valence-corrected chi connectivity index (χ1v) is 7.20. The smallest absolute Gasteiger partial charge is 0.269 e. The lowest BCUT2D eigenvalue weighted by Crippen LogP contribution is -2.32. The molecule has 6 heteroatoms. The number of rotatable bonds is 6. The van der Waals surface area contributed by atoms with E-state index in [0.717, 1.165) is 25.2 Å². The molecular weight excluding hydrogens is 270 g/mol. The predicted octanol–water partition coefficient (Wildman–Crippen LogP) is 0.952. The van der Waals surface area contributed by atoms with Gasteiger partial charge in [0.2, 0.25) is 0 Å². The minimum absolute atomic E-state index is 0.00844. The largest absolute Gasteiger partial charge is 0.383 e. The molecule has 0 unspecified atom stereocenters. The molecule has 6 nitrogen and oxygen atoms in total. The molecule has 0 radical (unpaired) electrons. The van der Waals surface area contributed by atoms with Gasteiger partial charge in [-0.05, 0) is 18.6 Å². The molecule has 0 aliphatic carbocycles. The van der Waals surface area contributed by atoms with Crippen LogP contribution in [0.5, 0.6) is 0 Å². The van der Waals surface area contributed by atoms with E-state index in [2.05, 4.69) is 9.88 Å². The zero-order chi connectivity index (χ0) is 15.4. The topological polar surface area (TPSA) is 57.8 Å². The fourth-order valence-corrected chi connectivity index (χ4v) is 2.78. The fraction of sp³-hybridized carbons (Fsp3) is 0.667. The van der Waals surface area contributed by atoms with E-state index in [0.29, 0.717) is 18.3 Å². The van der Waals surface area contributed by atoms with Crippen LogP contribution in [0.2, 0.25) is 0 Å². The van der Waals surface area contributed by atoms with Crippen molar-refractivity contribution in [2.45, 2.75) is 25.1 Å². The zero-order valence-electron chi connectivity index (χ0n) is 13.3. The SMILES string of the molecule is COC[C@@H]1C[C@@H](OC)CN1Cc1ccc(C(=O)N(C)C)[nH]1. The van der Waals surface area contributed by atoms with E-state index in [1.807, 2.05) is 12.1 Å². The van der Waals surface area contributed by atoms with Crippen LogP contribution >= 0.6 is 0 Å². The molecule has 0 spiro atoms. The summed E-state index contributed by atoms with van der Waals surface area (Å²) in [7, 11) is 6.98. The predicted molar refractivity (Wildman–Crippen MR) is 80.3 cm³/mol. The van der Waals surface area contributed by atoms with E-state index in [9.17, 15) is 4.79 Å². The maximum atomic E-state index is 11.9. The molecule has 2 rings (SSSR count). The highest BCUT2D eigenvalue weighted by Crippen LogP contribution is 2.22. The number of aromatic amines is 1. The maximum Gasteiger partial charge on any atom is 0.269 e. The van der Waals surface area contributed by atoms with Gasteiger partial charge in [0.15, 0.2) is 0 Å². The minimum Gasteiger partial charge on any atom is -0.383 e. The van der Waals surface area contributed by atoms with Gasteiger partial charge < -0.3 is 19.4 Å². The summed E-state index contributed by atoms with van der Waals surface area (Å²) < 4.78 is 10.8. The average Bonchev–Trinajstić information content (AvgIpc) is 3.06. The van der Waals surface area contributed by atoms with Gasteiger partial charge in [0.25, 0.3) is 5.91 Å². The summed E-state index contributed by atoms with van der Waals surface area (Å²) in [5.74, 6) is -0.00844. The highest BCUT2D eigenvalue weighted by molar-refractivity contribution is 5.92. The Labute approximate surface area is 126 Å². The molecule has 0 aromatic carbocycles. The first-order chi connectivity index (χ1) is 10.0. The molecule has 1 amide bonds. The Balaban J connectivity index is 2.01. The van der Waals surface area contributed by atoms with Crippen molar-refractivity contribution in [2.24, 2.45) is 0 Å². The van der Waals surface area contributed by atoms with Gasteiger partial charge in [-0.1, -0.05) is 0 Å². The van der Waals surface area contributed by atoms with Gasteiger partial charge in [0, 0.05) is 53.1 Å². The van der Waals surface area contributed by atoms with Crippen LogP contribution < -0.4 is 0 Å². The maximum absolute atomic E-state index is 11.9. The Hall–Kier alpha value is -1.37.